The number of nitrogens with one attached hydrogen (secondary N) is 2. The van der Waals surface area contributed by atoms with Crippen LogP contribution in [-0.4, -0.2) is 50.8 Å². The van der Waals surface area contributed by atoms with Crippen LogP contribution in [-0.2, 0) is 22.4 Å². The van der Waals surface area contributed by atoms with E-state index in [1.807, 2.05) is 43.3 Å². The van der Waals surface area contributed by atoms with Gasteiger partial charge in [0.15, 0.2) is 0 Å². The molecule has 194 valence electrons. The molecule has 0 bridgehead atoms. The molecule has 5 rings (SSSR count). The van der Waals surface area contributed by atoms with E-state index in [-0.39, 0.29) is 12.0 Å². The second-order valence-corrected chi connectivity index (χ2v) is 9.26. The minimum Gasteiger partial charge on any atom is -0.463 e. The van der Waals surface area contributed by atoms with Crippen LogP contribution in [0.4, 0.5) is 0 Å². The van der Waals surface area contributed by atoms with Crippen molar-refractivity contribution in [2.24, 2.45) is 0 Å². The standard InChI is InChI=1S/C30H32N6O2/c1-3-18-36-27(20-21-10-6-5-7-11-21)28(30(37)38-4-2)26(33-36)19-22-14-16-23(17-15-22)24-12-8-9-13-25(24)29-31-34-35-32-29/h5-17,26,33H,3-4,18-20H2,1-2H3,(H,31,32,34,35). The van der Waals surface area contributed by atoms with Gasteiger partial charge in [0.25, 0.3) is 0 Å². The second-order valence-electron chi connectivity index (χ2n) is 9.26. The summed E-state index contributed by atoms with van der Waals surface area (Å²) in [5.74, 6) is 0.311. The SMILES string of the molecule is CCCN1NC(Cc2ccc(-c3ccccc3-c3nn[nH]n3)cc2)C(C(=O)OCC)=C1Cc1ccccc1. The number of benzene rings is 3. The van der Waals surface area contributed by atoms with Gasteiger partial charge in [0.05, 0.1) is 18.2 Å². The topological polar surface area (TPSA) is 96.0 Å². The first kappa shape index (κ1) is 25.4. The molecule has 0 radical (unpaired) electrons. The number of H-pyrrole nitrogens is 1. The molecule has 38 heavy (non-hydrogen) atoms. The van der Waals surface area contributed by atoms with Crippen LogP contribution < -0.4 is 5.43 Å². The summed E-state index contributed by atoms with van der Waals surface area (Å²) in [4.78, 5) is 13.2. The van der Waals surface area contributed by atoms with E-state index < -0.39 is 0 Å². The van der Waals surface area contributed by atoms with E-state index in [0.29, 0.717) is 25.3 Å². The maximum absolute atomic E-state index is 13.2. The number of hydrazine groups is 1. The molecular formula is C30H32N6O2. The highest BCUT2D eigenvalue weighted by Crippen LogP contribution is 2.31. The molecule has 2 heterocycles. The van der Waals surface area contributed by atoms with Gasteiger partial charge < -0.3 is 9.75 Å². The zero-order valence-corrected chi connectivity index (χ0v) is 21.7. The van der Waals surface area contributed by atoms with Gasteiger partial charge in [0.1, 0.15) is 0 Å². The minimum absolute atomic E-state index is 0.170. The number of hydrogen-bond donors (Lipinski definition) is 2. The lowest BCUT2D eigenvalue weighted by molar-refractivity contribution is -0.138. The van der Waals surface area contributed by atoms with E-state index in [4.69, 9.17) is 4.74 Å². The molecule has 1 atom stereocenters. The van der Waals surface area contributed by atoms with Crippen LogP contribution >= 0.6 is 0 Å². The van der Waals surface area contributed by atoms with E-state index in [9.17, 15) is 4.79 Å². The van der Waals surface area contributed by atoms with Crippen molar-refractivity contribution in [2.45, 2.75) is 39.2 Å². The number of nitrogens with zero attached hydrogens (tertiary/aromatic N) is 4. The number of carbonyl (C=O) groups is 1. The predicted molar refractivity (Wildman–Crippen MR) is 146 cm³/mol. The fraction of sp³-hybridized carbons (Fsp3) is 0.267. The number of allylic oxidation sites excluding steroid dienone is 1. The normalized spacial score (nSPS) is 15.2. The average molecular weight is 509 g/mol. The Kier molecular flexibility index (Phi) is 7.89. The number of ether oxygens (including phenoxy) is 1. The summed E-state index contributed by atoms with van der Waals surface area (Å²) in [5.41, 5.74) is 10.6. The summed E-state index contributed by atoms with van der Waals surface area (Å²) >= 11 is 0. The first-order valence-corrected chi connectivity index (χ1v) is 13.1. The van der Waals surface area contributed by atoms with Crippen molar-refractivity contribution in [3.8, 4) is 22.5 Å². The highest BCUT2D eigenvalue weighted by atomic mass is 16.5. The first-order chi connectivity index (χ1) is 18.7. The third-order valence-electron chi connectivity index (χ3n) is 6.67. The van der Waals surface area contributed by atoms with Crippen molar-refractivity contribution in [3.63, 3.8) is 0 Å². The molecule has 0 spiro atoms. The Labute approximate surface area is 222 Å². The Balaban J connectivity index is 1.43. The molecule has 0 aliphatic carbocycles. The fourth-order valence-electron chi connectivity index (χ4n) is 4.96. The Morgan fingerprint density at radius 1 is 0.921 bits per heavy atom. The van der Waals surface area contributed by atoms with Crippen molar-refractivity contribution in [1.29, 1.82) is 0 Å². The second kappa shape index (κ2) is 11.8. The molecule has 0 saturated heterocycles. The number of esters is 1. The van der Waals surface area contributed by atoms with E-state index >= 15 is 0 Å². The fourth-order valence-corrected chi connectivity index (χ4v) is 4.96. The molecule has 0 fully saturated rings. The van der Waals surface area contributed by atoms with Crippen LogP contribution in [0.25, 0.3) is 22.5 Å². The molecule has 2 N–H and O–H groups in total. The van der Waals surface area contributed by atoms with E-state index in [1.165, 1.54) is 0 Å². The van der Waals surface area contributed by atoms with Gasteiger partial charge in [-0.1, -0.05) is 85.8 Å². The smallest absolute Gasteiger partial charge is 0.337 e. The van der Waals surface area contributed by atoms with E-state index in [0.717, 1.165) is 52.1 Å². The number of aromatic amines is 1. The highest BCUT2D eigenvalue weighted by Gasteiger charge is 2.35. The Hall–Kier alpha value is -4.30. The molecule has 8 nitrogen and oxygen atoms in total. The van der Waals surface area contributed by atoms with Crippen molar-refractivity contribution in [1.82, 2.24) is 31.1 Å². The molecule has 1 aliphatic heterocycles. The van der Waals surface area contributed by atoms with Gasteiger partial charge in [-0.25, -0.2) is 10.2 Å². The number of hydrogen-bond acceptors (Lipinski definition) is 7. The van der Waals surface area contributed by atoms with Crippen LogP contribution in [0.5, 0.6) is 0 Å². The number of aromatic nitrogens is 4. The molecule has 1 aromatic heterocycles. The molecule has 8 heteroatoms. The molecule has 3 aromatic carbocycles. The van der Waals surface area contributed by atoms with Crippen LogP contribution in [0.1, 0.15) is 31.4 Å². The maximum Gasteiger partial charge on any atom is 0.337 e. The zero-order chi connectivity index (χ0) is 26.3. The van der Waals surface area contributed by atoms with Gasteiger partial charge in [-0.2, -0.15) is 5.21 Å². The summed E-state index contributed by atoms with van der Waals surface area (Å²) in [6.07, 6.45) is 2.30. The molecule has 4 aromatic rings. The maximum atomic E-state index is 13.2. The molecule has 1 aliphatic rings. The minimum atomic E-state index is -0.250. The molecule has 0 amide bonds. The Bertz CT molecular complexity index is 1380. The zero-order valence-electron chi connectivity index (χ0n) is 21.7. The summed E-state index contributed by atoms with van der Waals surface area (Å²) < 4.78 is 5.53. The first-order valence-electron chi connectivity index (χ1n) is 13.1. The summed E-state index contributed by atoms with van der Waals surface area (Å²) in [7, 11) is 0. The Morgan fingerprint density at radius 3 is 2.34 bits per heavy atom. The third kappa shape index (κ3) is 5.50. The van der Waals surface area contributed by atoms with E-state index in [2.05, 4.69) is 80.4 Å². The highest BCUT2D eigenvalue weighted by molar-refractivity contribution is 5.91. The van der Waals surface area contributed by atoms with Crippen molar-refractivity contribution in [2.75, 3.05) is 13.2 Å². The molecule has 1 unspecified atom stereocenters. The number of carbonyl (C=O) groups excluding carboxylic acids is 1. The third-order valence-corrected chi connectivity index (χ3v) is 6.67. The van der Waals surface area contributed by atoms with Gasteiger partial charge in [-0.05, 0) is 47.2 Å². The lowest BCUT2D eigenvalue weighted by Crippen LogP contribution is -2.40. The van der Waals surface area contributed by atoms with E-state index in [1.54, 1.807) is 0 Å². The van der Waals surface area contributed by atoms with Crippen LogP contribution in [0.3, 0.4) is 0 Å². The number of tetrazole rings is 1. The van der Waals surface area contributed by atoms with Crippen molar-refractivity contribution < 1.29 is 9.53 Å². The monoisotopic (exact) mass is 508 g/mol. The van der Waals surface area contributed by atoms with Gasteiger partial charge >= 0.3 is 5.97 Å². The van der Waals surface area contributed by atoms with Crippen LogP contribution in [0.2, 0.25) is 0 Å². The largest absolute Gasteiger partial charge is 0.463 e. The van der Waals surface area contributed by atoms with Crippen molar-refractivity contribution >= 4 is 5.97 Å². The van der Waals surface area contributed by atoms with Gasteiger partial charge in [-0.15, -0.1) is 10.2 Å². The predicted octanol–water partition coefficient (Wildman–Crippen LogP) is 4.73. The van der Waals surface area contributed by atoms with Crippen LogP contribution in [0.15, 0.2) is 90.1 Å². The Morgan fingerprint density at radius 2 is 1.66 bits per heavy atom. The summed E-state index contributed by atoms with van der Waals surface area (Å²) in [6, 6.07) is 26.5. The molecule has 0 saturated carbocycles. The lowest BCUT2D eigenvalue weighted by Gasteiger charge is -2.23. The van der Waals surface area contributed by atoms with Gasteiger partial charge in [0.2, 0.25) is 5.82 Å². The summed E-state index contributed by atoms with van der Waals surface area (Å²) in [5, 5.41) is 16.7. The van der Waals surface area contributed by atoms with Crippen LogP contribution in [0, 0.1) is 0 Å². The van der Waals surface area contributed by atoms with Gasteiger partial charge in [0, 0.05) is 24.2 Å². The molecular weight excluding hydrogens is 476 g/mol. The average Bonchev–Trinajstić information content (AvgIpc) is 3.59. The quantitative estimate of drug-likeness (QED) is 0.299. The number of rotatable bonds is 10. The van der Waals surface area contributed by atoms with Gasteiger partial charge in [-0.3, -0.25) is 0 Å². The summed E-state index contributed by atoms with van der Waals surface area (Å²) in [6.45, 7) is 5.15. The van der Waals surface area contributed by atoms with Crippen molar-refractivity contribution in [3.05, 3.63) is 101 Å². The lowest BCUT2D eigenvalue weighted by atomic mass is 9.94.